The fourth-order valence-corrected chi connectivity index (χ4v) is 5.13. The van der Waals surface area contributed by atoms with Crippen molar-refractivity contribution in [2.24, 2.45) is 0 Å². The summed E-state index contributed by atoms with van der Waals surface area (Å²) >= 11 is 1.19. The van der Waals surface area contributed by atoms with E-state index in [4.69, 9.17) is 4.74 Å². The summed E-state index contributed by atoms with van der Waals surface area (Å²) < 4.78 is 31.4. The monoisotopic (exact) mass is 423 g/mol. The molecular weight excluding hydrogens is 402 g/mol. The van der Waals surface area contributed by atoms with Crippen molar-refractivity contribution in [1.29, 1.82) is 0 Å². The molecule has 1 aliphatic heterocycles. The number of ether oxygens (including phenoxy) is 1. The van der Waals surface area contributed by atoms with Gasteiger partial charge in [-0.05, 0) is 23.6 Å². The third-order valence-electron chi connectivity index (χ3n) is 4.39. The molecule has 0 aliphatic carbocycles. The number of piperazine rings is 1. The first kappa shape index (κ1) is 20.5. The van der Waals surface area contributed by atoms with Crippen molar-refractivity contribution in [3.05, 3.63) is 46.7 Å². The van der Waals surface area contributed by atoms with Crippen molar-refractivity contribution in [2.75, 3.05) is 45.2 Å². The van der Waals surface area contributed by atoms with Gasteiger partial charge in [0.05, 0.1) is 24.2 Å². The van der Waals surface area contributed by atoms with Gasteiger partial charge in [0.1, 0.15) is 4.88 Å². The Balaban J connectivity index is 1.54. The first-order valence-electron chi connectivity index (χ1n) is 8.65. The Morgan fingerprint density at radius 1 is 1.11 bits per heavy atom. The van der Waals surface area contributed by atoms with Crippen LogP contribution in [0, 0.1) is 0 Å². The summed E-state index contributed by atoms with van der Waals surface area (Å²) in [6, 6.07) is 9.97. The lowest BCUT2D eigenvalue weighted by Crippen LogP contribution is -2.50. The predicted octanol–water partition coefficient (Wildman–Crippen LogP) is 1.48. The Morgan fingerprint density at radius 3 is 2.43 bits per heavy atom. The third-order valence-corrected chi connectivity index (χ3v) is 7.20. The van der Waals surface area contributed by atoms with Crippen LogP contribution in [0.15, 0.2) is 46.7 Å². The van der Waals surface area contributed by atoms with Gasteiger partial charge in [0.2, 0.25) is 15.9 Å². The van der Waals surface area contributed by atoms with Crippen LogP contribution in [0.2, 0.25) is 0 Å². The summed E-state index contributed by atoms with van der Waals surface area (Å²) in [7, 11) is -2.23. The first-order valence-corrected chi connectivity index (χ1v) is 11.0. The Morgan fingerprint density at radius 2 is 1.79 bits per heavy atom. The van der Waals surface area contributed by atoms with Gasteiger partial charge in [-0.25, -0.2) is 13.2 Å². The van der Waals surface area contributed by atoms with Crippen molar-refractivity contribution in [3.63, 3.8) is 0 Å². The zero-order valence-electron chi connectivity index (χ0n) is 15.3. The largest absolute Gasteiger partial charge is 0.465 e. The lowest BCUT2D eigenvalue weighted by Gasteiger charge is -2.33. The second-order valence-corrected chi connectivity index (χ2v) is 9.05. The summed E-state index contributed by atoms with van der Waals surface area (Å²) in [5.74, 6) is -0.757. The first-order chi connectivity index (χ1) is 13.4. The van der Waals surface area contributed by atoms with Crippen molar-refractivity contribution < 1.29 is 22.7 Å². The number of methoxy groups -OCH3 is 1. The molecule has 1 aliphatic rings. The number of carbonyl (C=O) groups is 2. The summed E-state index contributed by atoms with van der Waals surface area (Å²) in [6.07, 6.45) is 0. The van der Waals surface area contributed by atoms with E-state index in [-0.39, 0.29) is 17.3 Å². The van der Waals surface area contributed by atoms with E-state index in [0.717, 1.165) is 0 Å². The zero-order valence-corrected chi connectivity index (χ0v) is 17.0. The molecule has 1 aromatic carbocycles. The molecule has 2 aromatic rings. The number of hydrogen-bond acceptors (Lipinski definition) is 7. The van der Waals surface area contributed by atoms with Gasteiger partial charge in [-0.15, -0.1) is 11.3 Å². The topological polar surface area (TPSA) is 96.0 Å². The van der Waals surface area contributed by atoms with E-state index in [2.05, 4.69) is 5.32 Å². The Bertz CT molecular complexity index is 935. The Kier molecular flexibility index (Phi) is 6.45. The molecule has 3 rings (SSSR count). The van der Waals surface area contributed by atoms with Crippen molar-refractivity contribution in [2.45, 2.75) is 4.90 Å². The van der Waals surface area contributed by atoms with E-state index >= 15 is 0 Å². The molecule has 28 heavy (non-hydrogen) atoms. The van der Waals surface area contributed by atoms with E-state index in [0.29, 0.717) is 36.7 Å². The third kappa shape index (κ3) is 4.58. The van der Waals surface area contributed by atoms with Gasteiger partial charge in [-0.1, -0.05) is 18.2 Å². The normalized spacial score (nSPS) is 15.9. The van der Waals surface area contributed by atoms with Crippen LogP contribution in [0.1, 0.15) is 9.67 Å². The van der Waals surface area contributed by atoms with Gasteiger partial charge in [0, 0.05) is 26.2 Å². The molecule has 10 heteroatoms. The predicted molar refractivity (Wildman–Crippen MR) is 106 cm³/mol. The van der Waals surface area contributed by atoms with Gasteiger partial charge >= 0.3 is 5.97 Å². The molecule has 150 valence electrons. The number of anilines is 1. The molecule has 0 atom stereocenters. The molecule has 1 aromatic heterocycles. The van der Waals surface area contributed by atoms with E-state index in [9.17, 15) is 18.0 Å². The highest BCUT2D eigenvalue weighted by molar-refractivity contribution is 7.89. The van der Waals surface area contributed by atoms with E-state index in [1.807, 2.05) is 4.90 Å². The standard InChI is InChI=1S/C18H21N3O5S2/c1-26-18(23)17-15(7-12-27-17)19-16(22)13-20-8-10-21(11-9-20)28(24,25)14-5-3-2-4-6-14/h2-7,12H,8-11,13H2,1H3,(H,19,22). The summed E-state index contributed by atoms with van der Waals surface area (Å²) in [5.41, 5.74) is 0.423. The lowest BCUT2D eigenvalue weighted by molar-refractivity contribution is -0.117. The highest BCUT2D eigenvalue weighted by Gasteiger charge is 2.29. The SMILES string of the molecule is COC(=O)c1sccc1NC(=O)CN1CCN(S(=O)(=O)c2ccccc2)CC1. The van der Waals surface area contributed by atoms with Crippen LogP contribution < -0.4 is 5.32 Å². The zero-order chi connectivity index (χ0) is 20.1. The van der Waals surface area contributed by atoms with Crippen LogP contribution in [0.3, 0.4) is 0 Å². The van der Waals surface area contributed by atoms with E-state index in [1.54, 1.807) is 41.8 Å². The van der Waals surface area contributed by atoms with E-state index in [1.165, 1.54) is 22.8 Å². The van der Waals surface area contributed by atoms with Crippen LogP contribution in [0.4, 0.5) is 5.69 Å². The Labute approximate surface area is 167 Å². The Hall–Kier alpha value is -2.27. The maximum Gasteiger partial charge on any atom is 0.350 e. The van der Waals surface area contributed by atoms with Crippen LogP contribution in [0.25, 0.3) is 0 Å². The highest BCUT2D eigenvalue weighted by atomic mass is 32.2. The van der Waals surface area contributed by atoms with E-state index < -0.39 is 16.0 Å². The number of sulfonamides is 1. The summed E-state index contributed by atoms with van der Waals surface area (Å²) in [6.45, 7) is 1.66. The minimum Gasteiger partial charge on any atom is -0.465 e. The van der Waals surface area contributed by atoms with Crippen molar-refractivity contribution in [1.82, 2.24) is 9.21 Å². The molecule has 0 saturated carbocycles. The van der Waals surface area contributed by atoms with Gasteiger partial charge in [-0.2, -0.15) is 4.31 Å². The average molecular weight is 424 g/mol. The highest BCUT2D eigenvalue weighted by Crippen LogP contribution is 2.23. The maximum absolute atomic E-state index is 12.6. The van der Waals surface area contributed by atoms with Crippen molar-refractivity contribution >= 4 is 38.9 Å². The number of esters is 1. The van der Waals surface area contributed by atoms with Gasteiger partial charge in [-0.3, -0.25) is 9.69 Å². The van der Waals surface area contributed by atoms with Crippen LogP contribution in [-0.4, -0.2) is 69.3 Å². The maximum atomic E-state index is 12.6. The number of nitrogens with zero attached hydrogens (tertiary/aromatic N) is 2. The molecule has 2 heterocycles. The molecule has 0 radical (unpaired) electrons. The molecule has 8 nitrogen and oxygen atoms in total. The molecule has 0 spiro atoms. The average Bonchev–Trinajstić information content (AvgIpc) is 3.16. The molecule has 1 amide bonds. The van der Waals surface area contributed by atoms with Gasteiger partial charge < -0.3 is 10.1 Å². The number of rotatable bonds is 6. The quantitative estimate of drug-likeness (QED) is 0.707. The van der Waals surface area contributed by atoms with Crippen molar-refractivity contribution in [3.8, 4) is 0 Å². The summed E-state index contributed by atoms with van der Waals surface area (Å²) in [5, 5.41) is 4.42. The van der Waals surface area contributed by atoms with Crippen LogP contribution in [-0.2, 0) is 19.6 Å². The number of carbonyl (C=O) groups excluding carboxylic acids is 2. The number of benzene rings is 1. The number of amides is 1. The van der Waals surface area contributed by atoms with Crippen LogP contribution >= 0.6 is 11.3 Å². The minimum absolute atomic E-state index is 0.121. The molecule has 0 unspecified atom stereocenters. The fraction of sp³-hybridized carbons (Fsp3) is 0.333. The molecular formula is C18H21N3O5S2. The number of hydrogen-bond donors (Lipinski definition) is 1. The number of nitrogens with one attached hydrogen (secondary N) is 1. The summed E-state index contributed by atoms with van der Waals surface area (Å²) in [4.78, 5) is 26.5. The second kappa shape index (κ2) is 8.82. The number of thiophene rings is 1. The van der Waals surface area contributed by atoms with Gasteiger partial charge in [0.15, 0.2) is 0 Å². The minimum atomic E-state index is -3.52. The molecule has 1 saturated heterocycles. The second-order valence-electron chi connectivity index (χ2n) is 6.20. The molecule has 0 bridgehead atoms. The fourth-order valence-electron chi connectivity index (χ4n) is 2.92. The molecule has 1 fully saturated rings. The molecule has 1 N–H and O–H groups in total. The van der Waals surface area contributed by atoms with Crippen LogP contribution in [0.5, 0.6) is 0 Å². The smallest absolute Gasteiger partial charge is 0.350 e. The van der Waals surface area contributed by atoms with Gasteiger partial charge in [0.25, 0.3) is 0 Å². The lowest BCUT2D eigenvalue weighted by atomic mass is 10.3.